The lowest BCUT2D eigenvalue weighted by molar-refractivity contribution is -0.669. The smallest absolute Gasteiger partial charge is 0.150 e. The molecular formula is C16H18NO2+. The summed E-state index contributed by atoms with van der Waals surface area (Å²) in [4.78, 5) is 11.3. The zero-order chi connectivity index (χ0) is 13.3. The van der Waals surface area contributed by atoms with Crippen LogP contribution in [0.5, 0.6) is 0 Å². The van der Waals surface area contributed by atoms with Crippen LogP contribution in [0.25, 0.3) is 10.8 Å². The monoisotopic (exact) mass is 256 g/mol. The Morgan fingerprint density at radius 1 is 1.16 bits per heavy atom. The van der Waals surface area contributed by atoms with Gasteiger partial charge < -0.3 is 10.4 Å². The van der Waals surface area contributed by atoms with Crippen LogP contribution in [-0.4, -0.2) is 24.5 Å². The van der Waals surface area contributed by atoms with Crippen molar-refractivity contribution in [2.24, 2.45) is 0 Å². The zero-order valence-electron chi connectivity index (χ0n) is 10.8. The van der Waals surface area contributed by atoms with Crippen molar-refractivity contribution in [3.05, 3.63) is 47.5 Å². The predicted octanol–water partition coefficient (Wildman–Crippen LogP) is 1.20. The van der Waals surface area contributed by atoms with Crippen molar-refractivity contribution in [2.45, 2.75) is 18.4 Å². The Bertz CT molecular complexity index is 615. The molecule has 0 amide bonds. The molecule has 0 aliphatic carbocycles. The second kappa shape index (κ2) is 4.76. The number of hydrogen-bond acceptors (Lipinski definition) is 2. The Morgan fingerprint density at radius 2 is 1.89 bits per heavy atom. The fourth-order valence-electron chi connectivity index (χ4n) is 2.95. The van der Waals surface area contributed by atoms with Gasteiger partial charge in [-0.2, -0.15) is 0 Å². The van der Waals surface area contributed by atoms with Crippen LogP contribution >= 0.6 is 0 Å². The van der Waals surface area contributed by atoms with Gasteiger partial charge in [0.15, 0.2) is 6.29 Å². The van der Waals surface area contributed by atoms with Gasteiger partial charge >= 0.3 is 0 Å². The maximum atomic E-state index is 11.3. The van der Waals surface area contributed by atoms with Crippen molar-refractivity contribution >= 4 is 17.1 Å². The minimum atomic E-state index is -0.781. The van der Waals surface area contributed by atoms with E-state index >= 15 is 0 Å². The van der Waals surface area contributed by atoms with E-state index in [0.717, 1.165) is 48.6 Å². The molecule has 0 unspecified atom stereocenters. The summed E-state index contributed by atoms with van der Waals surface area (Å²) in [6.07, 6.45) is 2.36. The van der Waals surface area contributed by atoms with Crippen LogP contribution in [0.1, 0.15) is 28.8 Å². The van der Waals surface area contributed by atoms with Crippen molar-refractivity contribution in [1.29, 1.82) is 0 Å². The lowest BCUT2D eigenvalue weighted by Crippen LogP contribution is -2.87. The summed E-state index contributed by atoms with van der Waals surface area (Å²) in [5, 5.41) is 15.0. The van der Waals surface area contributed by atoms with Crippen molar-refractivity contribution in [2.75, 3.05) is 13.1 Å². The molecule has 0 spiro atoms. The average Bonchev–Trinajstić information content (AvgIpc) is 2.47. The van der Waals surface area contributed by atoms with Crippen molar-refractivity contribution in [3.63, 3.8) is 0 Å². The molecule has 3 heteroatoms. The van der Waals surface area contributed by atoms with E-state index in [2.05, 4.69) is 5.32 Å². The van der Waals surface area contributed by atoms with Crippen molar-refractivity contribution < 1.29 is 15.2 Å². The normalized spacial score (nSPS) is 18.4. The quantitative estimate of drug-likeness (QED) is 0.793. The van der Waals surface area contributed by atoms with Gasteiger partial charge in [-0.25, -0.2) is 0 Å². The Kier molecular flexibility index (Phi) is 3.09. The standard InChI is InChI=1S/C16H17NO2/c18-11-13-10-14(16(19)5-7-17-8-6-16)9-12-3-1-2-4-15(12)13/h1-4,9-11,17,19H,5-8H2/p+1. The fraction of sp³-hybridized carbons (Fsp3) is 0.312. The Balaban J connectivity index is 2.16. The Hall–Kier alpha value is -1.71. The average molecular weight is 256 g/mol. The van der Waals surface area contributed by atoms with E-state index in [1.165, 1.54) is 0 Å². The number of aldehydes is 1. The lowest BCUT2D eigenvalue weighted by atomic mass is 9.83. The Morgan fingerprint density at radius 3 is 2.63 bits per heavy atom. The molecule has 19 heavy (non-hydrogen) atoms. The first kappa shape index (κ1) is 12.3. The molecule has 0 saturated carbocycles. The maximum Gasteiger partial charge on any atom is 0.150 e. The highest BCUT2D eigenvalue weighted by atomic mass is 16.3. The van der Waals surface area contributed by atoms with E-state index in [0.29, 0.717) is 5.56 Å². The molecule has 1 aliphatic heterocycles. The first-order valence-corrected chi connectivity index (χ1v) is 6.75. The van der Waals surface area contributed by atoms with Crippen LogP contribution in [0.3, 0.4) is 0 Å². The molecule has 0 atom stereocenters. The second-order valence-electron chi connectivity index (χ2n) is 5.30. The van der Waals surface area contributed by atoms with Crippen LogP contribution in [0.15, 0.2) is 36.4 Å². The maximum absolute atomic E-state index is 11.3. The largest absolute Gasteiger partial charge is 0.385 e. The zero-order valence-corrected chi connectivity index (χ0v) is 10.8. The molecule has 0 radical (unpaired) electrons. The van der Waals surface area contributed by atoms with Gasteiger partial charge in [0, 0.05) is 18.4 Å². The molecule has 3 rings (SSSR count). The Labute approximate surface area is 112 Å². The van der Waals surface area contributed by atoms with Gasteiger partial charge in [0.2, 0.25) is 0 Å². The van der Waals surface area contributed by atoms with Gasteiger partial charge in [0.25, 0.3) is 0 Å². The van der Waals surface area contributed by atoms with E-state index in [1.54, 1.807) is 0 Å². The summed E-state index contributed by atoms with van der Waals surface area (Å²) in [5.74, 6) is 0. The molecule has 3 N–H and O–H groups in total. The van der Waals surface area contributed by atoms with E-state index in [9.17, 15) is 9.90 Å². The number of rotatable bonds is 2. The molecular weight excluding hydrogens is 238 g/mol. The molecule has 0 bridgehead atoms. The number of carbonyl (C=O) groups excluding carboxylic acids is 1. The van der Waals surface area contributed by atoms with E-state index in [-0.39, 0.29) is 0 Å². The number of aliphatic hydroxyl groups is 1. The molecule has 2 aromatic carbocycles. The van der Waals surface area contributed by atoms with Crippen LogP contribution < -0.4 is 5.32 Å². The third-order valence-electron chi connectivity index (χ3n) is 4.08. The topological polar surface area (TPSA) is 53.9 Å². The summed E-state index contributed by atoms with van der Waals surface area (Å²) in [5.41, 5.74) is 0.758. The number of fused-ring (bicyclic) bond motifs is 1. The molecule has 1 fully saturated rings. The minimum Gasteiger partial charge on any atom is -0.385 e. The van der Waals surface area contributed by atoms with Gasteiger partial charge in [0.1, 0.15) is 5.60 Å². The van der Waals surface area contributed by atoms with Gasteiger partial charge in [-0.05, 0) is 28.5 Å². The SMILES string of the molecule is O=Cc1cc(C2(O)CC[NH2+]CC2)cc2ccccc12. The highest BCUT2D eigenvalue weighted by Crippen LogP contribution is 2.32. The molecule has 1 aliphatic rings. The molecule has 1 saturated heterocycles. The van der Waals surface area contributed by atoms with Crippen LogP contribution in [-0.2, 0) is 5.60 Å². The first-order chi connectivity index (χ1) is 9.23. The minimum absolute atomic E-state index is 0.663. The van der Waals surface area contributed by atoms with Gasteiger partial charge in [-0.3, -0.25) is 4.79 Å². The number of carbonyl (C=O) groups is 1. The van der Waals surface area contributed by atoms with Crippen LogP contribution in [0.2, 0.25) is 0 Å². The highest BCUT2D eigenvalue weighted by molar-refractivity contribution is 5.98. The summed E-state index contributed by atoms with van der Waals surface area (Å²) < 4.78 is 0. The van der Waals surface area contributed by atoms with E-state index in [1.807, 2.05) is 36.4 Å². The molecule has 98 valence electrons. The third kappa shape index (κ3) is 2.15. The summed E-state index contributed by atoms with van der Waals surface area (Å²) in [6, 6.07) is 11.7. The fourth-order valence-corrected chi connectivity index (χ4v) is 2.95. The predicted molar refractivity (Wildman–Crippen MR) is 74.1 cm³/mol. The molecule has 3 nitrogen and oxygen atoms in total. The van der Waals surface area contributed by atoms with Crippen LogP contribution in [0.4, 0.5) is 0 Å². The van der Waals surface area contributed by atoms with Gasteiger partial charge in [0.05, 0.1) is 13.1 Å². The summed E-state index contributed by atoms with van der Waals surface area (Å²) in [6.45, 7) is 1.86. The van der Waals surface area contributed by atoms with Gasteiger partial charge in [-0.1, -0.05) is 24.3 Å². The lowest BCUT2D eigenvalue weighted by Gasteiger charge is -2.31. The number of nitrogens with two attached hydrogens (primary N) is 1. The van der Waals surface area contributed by atoms with Gasteiger partial charge in [-0.15, -0.1) is 0 Å². The first-order valence-electron chi connectivity index (χ1n) is 6.75. The number of benzene rings is 2. The summed E-state index contributed by atoms with van der Waals surface area (Å²) >= 11 is 0. The van der Waals surface area contributed by atoms with E-state index in [4.69, 9.17) is 0 Å². The van der Waals surface area contributed by atoms with Crippen LogP contribution in [0, 0.1) is 0 Å². The molecule has 2 aromatic rings. The third-order valence-corrected chi connectivity index (χ3v) is 4.08. The highest BCUT2D eigenvalue weighted by Gasteiger charge is 2.33. The molecule has 1 heterocycles. The summed E-state index contributed by atoms with van der Waals surface area (Å²) in [7, 11) is 0. The second-order valence-corrected chi connectivity index (χ2v) is 5.30. The number of hydrogen-bond donors (Lipinski definition) is 2. The van der Waals surface area contributed by atoms with Crippen molar-refractivity contribution in [3.8, 4) is 0 Å². The number of piperidine rings is 1. The molecule has 0 aromatic heterocycles. The van der Waals surface area contributed by atoms with E-state index < -0.39 is 5.60 Å². The number of quaternary nitrogens is 1. The van der Waals surface area contributed by atoms with Crippen molar-refractivity contribution in [1.82, 2.24) is 0 Å².